The van der Waals surface area contributed by atoms with E-state index in [-0.39, 0.29) is 5.76 Å². The van der Waals surface area contributed by atoms with Gasteiger partial charge in [0, 0.05) is 22.0 Å². The van der Waals surface area contributed by atoms with Crippen molar-refractivity contribution in [3.05, 3.63) is 51.7 Å². The van der Waals surface area contributed by atoms with E-state index in [1.54, 1.807) is 31.4 Å². The number of fused-ring (bicyclic) bond motifs is 1. The summed E-state index contributed by atoms with van der Waals surface area (Å²) in [5.74, 6) is -2.22. The predicted octanol–water partition coefficient (Wildman–Crippen LogP) is 3.54. The largest absolute Gasteiger partial charge is 0.452 e. The van der Waals surface area contributed by atoms with Crippen molar-refractivity contribution in [2.24, 2.45) is 0 Å². The summed E-state index contributed by atoms with van der Waals surface area (Å²) < 4.78 is 10.6. The molecule has 0 fully saturated rings. The lowest BCUT2D eigenvalue weighted by atomic mass is 10.1. The summed E-state index contributed by atoms with van der Waals surface area (Å²) in [4.78, 5) is 28.6. The average Bonchev–Trinajstić information content (AvgIpc) is 3.18. The van der Waals surface area contributed by atoms with Crippen LogP contribution in [-0.2, 0) is 9.53 Å². The maximum atomic E-state index is 12.2. The molecule has 126 valence electrons. The van der Waals surface area contributed by atoms with Gasteiger partial charge in [0.25, 0.3) is 0 Å². The monoisotopic (exact) mass is 354 g/mol. The fraction of sp³-hybridized carbons (Fsp3) is 0.222. The quantitative estimate of drug-likeness (QED) is 0.651. The summed E-state index contributed by atoms with van der Waals surface area (Å²) >= 11 is 1.23. The Hall–Kier alpha value is -2.98. The third kappa shape index (κ3) is 3.30. The molecule has 1 atom stereocenters. The number of esters is 1. The van der Waals surface area contributed by atoms with Crippen molar-refractivity contribution < 1.29 is 18.7 Å². The van der Waals surface area contributed by atoms with E-state index in [1.165, 1.54) is 11.3 Å². The minimum Gasteiger partial charge on any atom is -0.452 e. The molecule has 0 radical (unpaired) electrons. The van der Waals surface area contributed by atoms with E-state index >= 15 is 0 Å². The van der Waals surface area contributed by atoms with Crippen molar-refractivity contribution in [3.63, 3.8) is 0 Å². The topological polar surface area (TPSA) is 93.2 Å². The van der Waals surface area contributed by atoms with Gasteiger partial charge in [-0.2, -0.15) is 5.26 Å². The first-order chi connectivity index (χ1) is 12.0. The predicted molar refractivity (Wildman–Crippen MR) is 91.4 cm³/mol. The smallest absolute Gasteiger partial charge is 0.374 e. The number of rotatable bonds is 5. The second kappa shape index (κ2) is 6.87. The van der Waals surface area contributed by atoms with Gasteiger partial charge in [-0.3, -0.25) is 4.79 Å². The summed E-state index contributed by atoms with van der Waals surface area (Å²) in [6.07, 6.45) is 0. The summed E-state index contributed by atoms with van der Waals surface area (Å²) in [7, 11) is 0. The van der Waals surface area contributed by atoms with Gasteiger partial charge in [-0.1, -0.05) is 18.2 Å². The lowest BCUT2D eigenvalue weighted by molar-refractivity contribution is -0.122. The molecule has 2 heterocycles. The highest BCUT2D eigenvalue weighted by atomic mass is 32.1. The van der Waals surface area contributed by atoms with E-state index in [2.05, 4.69) is 4.98 Å². The van der Waals surface area contributed by atoms with Gasteiger partial charge in [0.1, 0.15) is 10.6 Å². The highest BCUT2D eigenvalue weighted by Crippen LogP contribution is 2.26. The van der Waals surface area contributed by atoms with Crippen LogP contribution in [0.4, 0.5) is 0 Å². The first-order valence-corrected chi connectivity index (χ1v) is 8.39. The van der Waals surface area contributed by atoms with Crippen molar-refractivity contribution in [3.8, 4) is 6.07 Å². The zero-order chi connectivity index (χ0) is 18.0. The van der Waals surface area contributed by atoms with Gasteiger partial charge in [0.05, 0.1) is 6.07 Å². The van der Waals surface area contributed by atoms with Gasteiger partial charge in [0.2, 0.25) is 5.76 Å². The van der Waals surface area contributed by atoms with Crippen molar-refractivity contribution in [2.75, 3.05) is 6.61 Å². The Morgan fingerprint density at radius 2 is 2.12 bits per heavy atom. The molecule has 0 N–H and O–H groups in total. The van der Waals surface area contributed by atoms with E-state index < -0.39 is 24.3 Å². The van der Waals surface area contributed by atoms with Gasteiger partial charge in [-0.25, -0.2) is 9.78 Å². The molecule has 2 aromatic heterocycles. The second-order valence-electron chi connectivity index (χ2n) is 5.48. The molecule has 3 aromatic rings. The second-order valence-corrected chi connectivity index (χ2v) is 6.37. The number of para-hydroxylation sites is 1. The maximum Gasteiger partial charge on any atom is 0.374 e. The maximum absolute atomic E-state index is 12.2. The summed E-state index contributed by atoms with van der Waals surface area (Å²) in [5.41, 5.74) is 1.97. The van der Waals surface area contributed by atoms with Crippen molar-refractivity contribution >= 4 is 34.1 Å². The number of aromatic nitrogens is 1. The molecule has 0 aliphatic carbocycles. The Bertz CT molecular complexity index is 996. The fourth-order valence-corrected chi connectivity index (χ4v) is 3.29. The first-order valence-electron chi connectivity index (χ1n) is 7.51. The Kier molecular flexibility index (Phi) is 4.63. The van der Waals surface area contributed by atoms with Gasteiger partial charge >= 0.3 is 5.97 Å². The molecule has 7 heteroatoms. The number of nitrogens with zero attached hydrogens (tertiary/aromatic N) is 2. The summed E-state index contributed by atoms with van der Waals surface area (Å²) in [6, 6.07) is 9.15. The Morgan fingerprint density at radius 3 is 2.76 bits per heavy atom. The molecule has 1 unspecified atom stereocenters. The number of hydrogen-bond acceptors (Lipinski definition) is 7. The van der Waals surface area contributed by atoms with Gasteiger partial charge in [-0.05, 0) is 19.9 Å². The van der Waals surface area contributed by atoms with Gasteiger partial charge < -0.3 is 9.15 Å². The molecular weight excluding hydrogens is 340 g/mol. The van der Waals surface area contributed by atoms with Crippen LogP contribution in [-0.4, -0.2) is 23.3 Å². The molecular formula is C18H14N2O4S. The zero-order valence-electron chi connectivity index (χ0n) is 13.6. The van der Waals surface area contributed by atoms with Gasteiger partial charge in [0.15, 0.2) is 18.3 Å². The van der Waals surface area contributed by atoms with Crippen LogP contribution in [0.1, 0.15) is 32.7 Å². The number of carbonyl (C=O) groups is 2. The highest BCUT2D eigenvalue weighted by molar-refractivity contribution is 7.09. The number of benzene rings is 1. The van der Waals surface area contributed by atoms with Crippen LogP contribution < -0.4 is 0 Å². The minimum atomic E-state index is -1.04. The van der Waals surface area contributed by atoms with Crippen LogP contribution in [0.2, 0.25) is 0 Å². The molecule has 0 saturated heterocycles. The molecule has 0 aliphatic rings. The van der Waals surface area contributed by atoms with Crippen LogP contribution in [0.5, 0.6) is 0 Å². The van der Waals surface area contributed by atoms with Crippen molar-refractivity contribution in [1.82, 2.24) is 4.98 Å². The zero-order valence-corrected chi connectivity index (χ0v) is 14.4. The Morgan fingerprint density at radius 1 is 1.36 bits per heavy atom. The lowest BCUT2D eigenvalue weighted by Gasteiger charge is -2.06. The van der Waals surface area contributed by atoms with Crippen LogP contribution in [0.15, 0.2) is 34.1 Å². The van der Waals surface area contributed by atoms with E-state index in [0.29, 0.717) is 16.2 Å². The number of hydrogen-bond donors (Lipinski definition) is 0. The number of Topliss-reactive ketones (excluding diaryl/α,β-unsaturated/α-hetero) is 1. The Balaban J connectivity index is 1.71. The van der Waals surface area contributed by atoms with Crippen molar-refractivity contribution in [2.45, 2.75) is 19.8 Å². The van der Waals surface area contributed by atoms with E-state index in [9.17, 15) is 14.9 Å². The molecule has 0 amide bonds. The fourth-order valence-electron chi connectivity index (χ4n) is 2.42. The highest BCUT2D eigenvalue weighted by Gasteiger charge is 2.26. The summed E-state index contributed by atoms with van der Waals surface area (Å²) in [6.45, 7) is 3.02. The average molecular weight is 354 g/mol. The third-order valence-corrected chi connectivity index (χ3v) is 4.74. The molecule has 0 spiro atoms. The number of furan rings is 1. The molecule has 6 nitrogen and oxygen atoms in total. The SMILES string of the molecule is Cc1csc(C(C#N)C(=O)COC(=O)c2oc3ccccc3c2C)n1. The molecule has 0 bridgehead atoms. The molecule has 1 aromatic carbocycles. The van der Waals surface area contributed by atoms with Gasteiger partial charge in [-0.15, -0.1) is 11.3 Å². The number of nitriles is 1. The third-order valence-electron chi connectivity index (χ3n) is 3.71. The van der Waals surface area contributed by atoms with Crippen LogP contribution in [0, 0.1) is 25.2 Å². The van der Waals surface area contributed by atoms with Crippen molar-refractivity contribution in [1.29, 1.82) is 5.26 Å². The van der Waals surface area contributed by atoms with Crippen LogP contribution >= 0.6 is 11.3 Å². The van der Waals surface area contributed by atoms with E-state index in [4.69, 9.17) is 9.15 Å². The molecule has 25 heavy (non-hydrogen) atoms. The number of ketones is 1. The number of carbonyl (C=O) groups excluding carboxylic acids is 2. The normalized spacial score (nSPS) is 11.9. The minimum absolute atomic E-state index is 0.0626. The van der Waals surface area contributed by atoms with E-state index in [1.807, 2.05) is 18.2 Å². The lowest BCUT2D eigenvalue weighted by Crippen LogP contribution is -2.20. The molecule has 0 aliphatic heterocycles. The number of ether oxygens (including phenoxy) is 1. The first kappa shape index (κ1) is 16.9. The van der Waals surface area contributed by atoms with Crippen LogP contribution in [0.3, 0.4) is 0 Å². The molecule has 0 saturated carbocycles. The number of thiazole rings is 1. The number of aryl methyl sites for hydroxylation is 2. The Labute approximate surface area is 147 Å². The standard InChI is InChI=1S/C18H14N2O4S/c1-10-9-25-17(20-10)13(7-19)14(21)8-23-18(22)16-11(2)12-5-3-4-6-15(12)24-16/h3-6,9,13H,8H2,1-2H3. The molecule has 3 rings (SSSR count). The van der Waals surface area contributed by atoms with E-state index in [0.717, 1.165) is 11.1 Å². The summed E-state index contributed by atoms with van der Waals surface area (Å²) in [5, 5.41) is 12.2. The van der Waals surface area contributed by atoms with Crippen LogP contribution in [0.25, 0.3) is 11.0 Å².